The van der Waals surface area contributed by atoms with Crippen LogP contribution in [-0.2, 0) is 0 Å². The summed E-state index contributed by atoms with van der Waals surface area (Å²) in [6.45, 7) is 0. The highest BCUT2D eigenvalue weighted by molar-refractivity contribution is 9.10. The van der Waals surface area contributed by atoms with E-state index in [4.69, 9.17) is 9.15 Å². The lowest BCUT2D eigenvalue weighted by atomic mass is 10.1. The molecule has 2 nitrogen and oxygen atoms in total. The van der Waals surface area contributed by atoms with Crippen LogP contribution in [0.5, 0.6) is 5.75 Å². The van der Waals surface area contributed by atoms with Crippen molar-refractivity contribution in [1.29, 1.82) is 0 Å². The Bertz CT molecular complexity index is 522. The molecule has 5 heteroatoms. The van der Waals surface area contributed by atoms with Gasteiger partial charge in [0.1, 0.15) is 16.3 Å². The molecule has 1 atom stereocenters. The van der Waals surface area contributed by atoms with E-state index in [0.29, 0.717) is 4.67 Å². The molecule has 0 aliphatic carbocycles. The van der Waals surface area contributed by atoms with E-state index < -0.39 is 0 Å². The molecule has 2 rings (SSSR count). The van der Waals surface area contributed by atoms with E-state index in [1.165, 1.54) is 0 Å². The number of benzene rings is 1. The molecule has 0 saturated carbocycles. The fourth-order valence-corrected chi connectivity index (χ4v) is 2.82. The van der Waals surface area contributed by atoms with Crippen molar-refractivity contribution in [1.82, 2.24) is 0 Å². The predicted molar refractivity (Wildman–Crippen MR) is 77.9 cm³/mol. The largest absolute Gasteiger partial charge is 0.496 e. The minimum Gasteiger partial charge on any atom is -0.496 e. The highest BCUT2D eigenvalue weighted by Gasteiger charge is 2.18. The van der Waals surface area contributed by atoms with Crippen LogP contribution < -0.4 is 4.74 Å². The van der Waals surface area contributed by atoms with Crippen molar-refractivity contribution >= 4 is 47.8 Å². The van der Waals surface area contributed by atoms with Gasteiger partial charge >= 0.3 is 0 Å². The lowest BCUT2D eigenvalue weighted by molar-refractivity contribution is 0.408. The van der Waals surface area contributed by atoms with E-state index in [1.54, 1.807) is 7.11 Å². The number of hydrogen-bond acceptors (Lipinski definition) is 2. The first kappa shape index (κ1) is 13.2. The SMILES string of the molecule is COc1ccc(Br)cc1C(Br)c1ccc(Br)o1. The summed E-state index contributed by atoms with van der Waals surface area (Å²) in [6.07, 6.45) is 0. The van der Waals surface area contributed by atoms with Crippen molar-refractivity contribution in [3.63, 3.8) is 0 Å². The van der Waals surface area contributed by atoms with Crippen LogP contribution in [0, 0.1) is 0 Å². The smallest absolute Gasteiger partial charge is 0.169 e. The molecule has 17 heavy (non-hydrogen) atoms. The molecule has 0 aliphatic rings. The number of methoxy groups -OCH3 is 1. The summed E-state index contributed by atoms with van der Waals surface area (Å²) in [5.41, 5.74) is 1.02. The van der Waals surface area contributed by atoms with E-state index in [-0.39, 0.29) is 4.83 Å². The second-order valence-electron chi connectivity index (χ2n) is 3.39. The molecule has 0 saturated heterocycles. The Kier molecular flexibility index (Phi) is 4.33. The van der Waals surface area contributed by atoms with Crippen molar-refractivity contribution in [2.75, 3.05) is 7.11 Å². The lowest BCUT2D eigenvalue weighted by Crippen LogP contribution is -1.96. The topological polar surface area (TPSA) is 22.4 Å². The molecule has 1 aromatic heterocycles. The number of alkyl halides is 1. The third-order valence-corrected chi connectivity index (χ3v) is 4.17. The molecule has 0 aliphatic heterocycles. The van der Waals surface area contributed by atoms with Crippen LogP contribution in [0.4, 0.5) is 0 Å². The summed E-state index contributed by atoms with van der Waals surface area (Å²) in [4.78, 5) is -0.0405. The highest BCUT2D eigenvalue weighted by Crippen LogP contribution is 2.39. The van der Waals surface area contributed by atoms with Gasteiger partial charge in [-0.15, -0.1) is 0 Å². The van der Waals surface area contributed by atoms with Crippen LogP contribution in [-0.4, -0.2) is 7.11 Å². The molecule has 1 aromatic carbocycles. The third-order valence-electron chi connectivity index (χ3n) is 2.31. The minimum atomic E-state index is -0.0405. The van der Waals surface area contributed by atoms with Crippen LogP contribution >= 0.6 is 47.8 Å². The van der Waals surface area contributed by atoms with E-state index in [9.17, 15) is 0 Å². The normalized spacial score (nSPS) is 12.5. The number of furan rings is 1. The molecule has 90 valence electrons. The van der Waals surface area contributed by atoms with Crippen LogP contribution in [0.2, 0.25) is 0 Å². The minimum absolute atomic E-state index is 0.0405. The van der Waals surface area contributed by atoms with E-state index >= 15 is 0 Å². The van der Waals surface area contributed by atoms with Crippen LogP contribution in [0.3, 0.4) is 0 Å². The summed E-state index contributed by atoms with van der Waals surface area (Å²) >= 11 is 10.4. The second kappa shape index (κ2) is 5.59. The van der Waals surface area contributed by atoms with Crippen LogP contribution in [0.25, 0.3) is 0 Å². The van der Waals surface area contributed by atoms with Crippen molar-refractivity contribution < 1.29 is 9.15 Å². The number of rotatable bonds is 3. The van der Waals surface area contributed by atoms with Gasteiger partial charge in [0.05, 0.1) is 7.11 Å². The summed E-state index contributed by atoms with van der Waals surface area (Å²) in [5, 5.41) is 0. The van der Waals surface area contributed by atoms with Gasteiger partial charge in [-0.1, -0.05) is 31.9 Å². The van der Waals surface area contributed by atoms with Gasteiger partial charge in [-0.25, -0.2) is 0 Å². The zero-order valence-corrected chi connectivity index (χ0v) is 13.7. The zero-order valence-electron chi connectivity index (χ0n) is 8.91. The summed E-state index contributed by atoms with van der Waals surface area (Å²) < 4.78 is 12.6. The standard InChI is InChI=1S/C12H9Br3O2/c1-16-9-3-2-7(13)6-8(9)12(15)10-4-5-11(14)17-10/h2-6,12H,1H3. The van der Waals surface area contributed by atoms with Gasteiger partial charge in [-0.05, 0) is 46.3 Å². The first-order valence-corrected chi connectivity index (χ1v) is 7.34. The zero-order chi connectivity index (χ0) is 12.4. The second-order valence-corrected chi connectivity index (χ2v) is 6.00. The fourth-order valence-electron chi connectivity index (χ4n) is 1.52. The molecule has 0 bridgehead atoms. The van der Waals surface area contributed by atoms with E-state index in [0.717, 1.165) is 21.5 Å². The van der Waals surface area contributed by atoms with Gasteiger partial charge in [0.2, 0.25) is 0 Å². The van der Waals surface area contributed by atoms with Crippen LogP contribution in [0.1, 0.15) is 16.2 Å². The first-order valence-electron chi connectivity index (χ1n) is 4.84. The molecule has 0 amide bonds. The van der Waals surface area contributed by atoms with E-state index in [2.05, 4.69) is 47.8 Å². The van der Waals surface area contributed by atoms with Gasteiger partial charge in [0, 0.05) is 10.0 Å². The Morgan fingerprint density at radius 1 is 1.18 bits per heavy atom. The molecule has 1 heterocycles. The lowest BCUT2D eigenvalue weighted by Gasteiger charge is -2.12. The molecule has 2 aromatic rings. The average molecular weight is 425 g/mol. The van der Waals surface area contributed by atoms with Gasteiger partial charge in [-0.3, -0.25) is 0 Å². The van der Waals surface area contributed by atoms with Gasteiger partial charge in [-0.2, -0.15) is 0 Å². The maximum absolute atomic E-state index is 5.54. The highest BCUT2D eigenvalue weighted by atomic mass is 79.9. The molecule has 0 N–H and O–H groups in total. The molecular weight excluding hydrogens is 416 g/mol. The first-order chi connectivity index (χ1) is 8.11. The molecule has 0 fully saturated rings. The van der Waals surface area contributed by atoms with Crippen LogP contribution in [0.15, 0.2) is 43.9 Å². The predicted octanol–water partition coefficient (Wildman–Crippen LogP) is 5.30. The number of ether oxygens (including phenoxy) is 1. The maximum atomic E-state index is 5.54. The van der Waals surface area contributed by atoms with Crippen molar-refractivity contribution in [3.8, 4) is 5.75 Å². The third kappa shape index (κ3) is 2.95. The van der Waals surface area contributed by atoms with Gasteiger partial charge in [0.25, 0.3) is 0 Å². The Morgan fingerprint density at radius 2 is 1.94 bits per heavy atom. The van der Waals surface area contributed by atoms with Crippen molar-refractivity contribution in [2.45, 2.75) is 4.83 Å². The molecule has 0 radical (unpaired) electrons. The number of hydrogen-bond donors (Lipinski definition) is 0. The Labute approximate surface area is 125 Å². The van der Waals surface area contributed by atoms with E-state index in [1.807, 2.05) is 30.3 Å². The van der Waals surface area contributed by atoms with Gasteiger partial charge in [0.15, 0.2) is 4.67 Å². The molecule has 1 unspecified atom stereocenters. The van der Waals surface area contributed by atoms with Gasteiger partial charge < -0.3 is 9.15 Å². The van der Waals surface area contributed by atoms with Crippen molar-refractivity contribution in [2.24, 2.45) is 0 Å². The molecular formula is C12H9Br3O2. The Balaban J connectivity index is 2.42. The van der Waals surface area contributed by atoms with Crippen molar-refractivity contribution in [3.05, 3.63) is 50.8 Å². The summed E-state index contributed by atoms with van der Waals surface area (Å²) in [6, 6.07) is 9.67. The fraction of sp³-hybridized carbons (Fsp3) is 0.167. The number of halogens is 3. The average Bonchev–Trinajstić information content (AvgIpc) is 2.75. The maximum Gasteiger partial charge on any atom is 0.169 e. The quantitative estimate of drug-likeness (QED) is 0.624. The summed E-state index contributed by atoms with van der Waals surface area (Å²) in [7, 11) is 1.66. The Morgan fingerprint density at radius 3 is 2.53 bits per heavy atom. The summed E-state index contributed by atoms with van der Waals surface area (Å²) in [5.74, 6) is 1.65. The Hall–Kier alpha value is -0.260. The molecule has 0 spiro atoms. The monoisotopic (exact) mass is 422 g/mol.